The Morgan fingerprint density at radius 2 is 1.83 bits per heavy atom. The van der Waals surface area contributed by atoms with Crippen LogP contribution >= 0.6 is 0 Å². The van der Waals surface area contributed by atoms with E-state index in [1.165, 1.54) is 5.57 Å². The Balaban J connectivity index is 2.10. The molecule has 23 heavy (non-hydrogen) atoms. The smallest absolute Gasteiger partial charge is 0.205 e. The first-order valence-electron chi connectivity index (χ1n) is 8.95. The van der Waals surface area contributed by atoms with Crippen molar-refractivity contribution in [3.63, 3.8) is 0 Å². The Kier molecular flexibility index (Phi) is 2.88. The summed E-state index contributed by atoms with van der Waals surface area (Å²) < 4.78 is 0. The van der Waals surface area contributed by atoms with Gasteiger partial charge in [0.15, 0.2) is 11.5 Å². The van der Waals surface area contributed by atoms with Crippen molar-refractivity contribution in [2.45, 2.75) is 53.4 Å². The Hall–Kier alpha value is -1.38. The zero-order valence-corrected chi connectivity index (χ0v) is 14.5. The predicted molar refractivity (Wildman–Crippen MR) is 87.7 cm³/mol. The van der Waals surface area contributed by atoms with E-state index in [1.807, 2.05) is 0 Å². The van der Waals surface area contributed by atoms with Crippen LogP contribution in [0.5, 0.6) is 0 Å². The molecule has 1 spiro atoms. The zero-order valence-electron chi connectivity index (χ0n) is 14.5. The molecule has 0 heterocycles. The van der Waals surface area contributed by atoms with Gasteiger partial charge in [0.05, 0.1) is 10.8 Å². The highest BCUT2D eigenvalue weighted by Crippen LogP contribution is 2.73. The van der Waals surface area contributed by atoms with Gasteiger partial charge in [-0.05, 0) is 63.2 Å². The summed E-state index contributed by atoms with van der Waals surface area (Å²) >= 11 is 0. The van der Waals surface area contributed by atoms with Crippen LogP contribution < -0.4 is 0 Å². The monoisotopic (exact) mass is 314 g/mol. The second kappa shape index (κ2) is 4.37. The summed E-state index contributed by atoms with van der Waals surface area (Å²) in [7, 11) is 0. The van der Waals surface area contributed by atoms with Crippen LogP contribution in [0.15, 0.2) is 23.0 Å². The lowest BCUT2D eigenvalue weighted by molar-refractivity contribution is -0.174. The highest BCUT2D eigenvalue weighted by atomic mass is 16.3. The molecule has 0 amide bonds. The van der Waals surface area contributed by atoms with Gasteiger partial charge < -0.3 is 5.11 Å². The maximum atomic E-state index is 13.5. The molecule has 0 aromatic heterocycles. The van der Waals surface area contributed by atoms with Crippen LogP contribution in [0.25, 0.3) is 0 Å². The lowest BCUT2D eigenvalue weighted by atomic mass is 9.38. The third-order valence-corrected chi connectivity index (χ3v) is 7.71. The van der Waals surface area contributed by atoms with E-state index in [1.54, 1.807) is 6.92 Å². The minimum absolute atomic E-state index is 0.0595. The second-order valence-electron chi connectivity index (χ2n) is 8.57. The van der Waals surface area contributed by atoms with Gasteiger partial charge in [-0.3, -0.25) is 9.59 Å². The van der Waals surface area contributed by atoms with Crippen molar-refractivity contribution in [2.75, 3.05) is 0 Å². The van der Waals surface area contributed by atoms with Crippen molar-refractivity contribution in [3.05, 3.63) is 23.0 Å². The van der Waals surface area contributed by atoms with Crippen LogP contribution in [0.2, 0.25) is 0 Å². The standard InChI is InChI=1S/C20H26O3/c1-10-7-14-8-11(2)15-6-5-12(3)19(9-10)18(23)16(21)13(4)17(22)20(14,15)19/h7,11-12,14-15,21H,5-6,8-9H2,1-4H3/t11-,12-,14+,15+,19+,20?/m0/s1. The van der Waals surface area contributed by atoms with Gasteiger partial charge in [0.25, 0.3) is 0 Å². The average molecular weight is 314 g/mol. The van der Waals surface area contributed by atoms with E-state index in [9.17, 15) is 14.7 Å². The van der Waals surface area contributed by atoms with Crippen LogP contribution in [-0.2, 0) is 9.59 Å². The number of rotatable bonds is 0. The minimum atomic E-state index is -0.717. The Labute approximate surface area is 137 Å². The number of aliphatic hydroxyl groups excluding tert-OH is 1. The van der Waals surface area contributed by atoms with Crippen molar-refractivity contribution in [2.24, 2.45) is 34.5 Å². The molecule has 0 aromatic carbocycles. The molecule has 2 saturated carbocycles. The number of aliphatic hydroxyl groups is 1. The van der Waals surface area contributed by atoms with Gasteiger partial charge in [0.1, 0.15) is 0 Å². The third-order valence-electron chi connectivity index (χ3n) is 7.71. The molecule has 1 unspecified atom stereocenters. The molecule has 3 nitrogen and oxygen atoms in total. The first-order valence-corrected chi connectivity index (χ1v) is 8.95. The summed E-state index contributed by atoms with van der Waals surface area (Å²) in [4.78, 5) is 26.9. The van der Waals surface area contributed by atoms with Crippen molar-refractivity contribution in [1.82, 2.24) is 0 Å². The predicted octanol–water partition coefficient (Wildman–Crippen LogP) is 4.00. The summed E-state index contributed by atoms with van der Waals surface area (Å²) in [6, 6.07) is 0. The lowest BCUT2D eigenvalue weighted by Crippen LogP contribution is -2.66. The summed E-state index contributed by atoms with van der Waals surface area (Å²) in [6.07, 6.45) is 5.90. The average Bonchev–Trinajstić information content (AvgIpc) is 2.79. The van der Waals surface area contributed by atoms with Crippen molar-refractivity contribution < 1.29 is 14.7 Å². The zero-order chi connectivity index (χ0) is 16.7. The van der Waals surface area contributed by atoms with Crippen LogP contribution in [0.1, 0.15) is 53.4 Å². The maximum absolute atomic E-state index is 13.5. The highest BCUT2D eigenvalue weighted by Gasteiger charge is 2.76. The normalized spacial score (nSPS) is 49.0. The Morgan fingerprint density at radius 1 is 1.13 bits per heavy atom. The second-order valence-corrected chi connectivity index (χ2v) is 8.57. The molecule has 4 rings (SSSR count). The van der Waals surface area contributed by atoms with E-state index >= 15 is 0 Å². The van der Waals surface area contributed by atoms with Crippen molar-refractivity contribution in [3.8, 4) is 0 Å². The van der Waals surface area contributed by atoms with E-state index in [2.05, 4.69) is 26.8 Å². The number of carbonyl (C=O) groups excluding carboxylic acids is 2. The number of ketones is 2. The van der Waals surface area contributed by atoms with Crippen LogP contribution in [0, 0.1) is 34.5 Å². The van der Waals surface area contributed by atoms with Gasteiger partial charge in [-0.25, -0.2) is 0 Å². The van der Waals surface area contributed by atoms with Crippen molar-refractivity contribution >= 4 is 11.6 Å². The van der Waals surface area contributed by atoms with E-state index < -0.39 is 10.8 Å². The number of hydrogen-bond acceptors (Lipinski definition) is 3. The van der Waals surface area contributed by atoms with Crippen LogP contribution in [-0.4, -0.2) is 16.7 Å². The molecule has 0 aliphatic heterocycles. The fourth-order valence-electron chi connectivity index (χ4n) is 6.92. The van der Waals surface area contributed by atoms with Gasteiger partial charge >= 0.3 is 0 Å². The van der Waals surface area contributed by atoms with Gasteiger partial charge in [-0.1, -0.05) is 25.5 Å². The van der Waals surface area contributed by atoms with Crippen molar-refractivity contribution in [1.29, 1.82) is 0 Å². The van der Waals surface area contributed by atoms with E-state index in [4.69, 9.17) is 0 Å². The van der Waals surface area contributed by atoms with E-state index in [-0.39, 0.29) is 35.1 Å². The van der Waals surface area contributed by atoms with Crippen LogP contribution in [0.4, 0.5) is 0 Å². The number of allylic oxidation sites excluding steroid dienone is 4. The molecular formula is C20H26O3. The molecule has 0 saturated heterocycles. The van der Waals surface area contributed by atoms with E-state index in [0.29, 0.717) is 17.9 Å². The summed E-state index contributed by atoms with van der Waals surface area (Å²) in [5.41, 5.74) is 0.194. The fraction of sp³-hybridized carbons (Fsp3) is 0.700. The maximum Gasteiger partial charge on any atom is 0.205 e. The van der Waals surface area contributed by atoms with Gasteiger partial charge in [-0.2, -0.15) is 0 Å². The largest absolute Gasteiger partial charge is 0.504 e. The number of hydrogen-bond donors (Lipinski definition) is 1. The molecule has 0 radical (unpaired) electrons. The SMILES string of the molecule is CC1=C[C@@H]2C[C@H](C)[C@H]3CC[C@H](C)[C@]4(C1)C(=O)C(O)=C(C)C(=O)C234. The molecule has 4 aliphatic carbocycles. The first-order chi connectivity index (χ1) is 10.8. The summed E-state index contributed by atoms with van der Waals surface area (Å²) in [5.74, 6) is 0.662. The van der Waals surface area contributed by atoms with Crippen LogP contribution in [0.3, 0.4) is 0 Å². The van der Waals surface area contributed by atoms with Gasteiger partial charge in [-0.15, -0.1) is 0 Å². The number of carbonyl (C=O) groups is 2. The topological polar surface area (TPSA) is 54.4 Å². The lowest BCUT2D eigenvalue weighted by Gasteiger charge is -2.62. The molecular weight excluding hydrogens is 288 g/mol. The van der Waals surface area contributed by atoms with Gasteiger partial charge in [0, 0.05) is 5.57 Å². The quantitative estimate of drug-likeness (QED) is 0.688. The van der Waals surface area contributed by atoms with E-state index in [0.717, 1.165) is 19.3 Å². The number of Topliss-reactive ketones (excluding diaryl/α,β-unsaturated/α-hetero) is 2. The molecule has 1 N–H and O–H groups in total. The molecule has 124 valence electrons. The minimum Gasteiger partial charge on any atom is -0.504 e. The molecule has 2 fully saturated rings. The Bertz CT molecular complexity index is 685. The molecule has 0 aromatic rings. The third kappa shape index (κ3) is 1.39. The highest BCUT2D eigenvalue weighted by molar-refractivity contribution is 6.17. The fourth-order valence-corrected chi connectivity index (χ4v) is 6.92. The molecule has 3 heteroatoms. The first kappa shape index (κ1) is 15.2. The Morgan fingerprint density at radius 3 is 2.52 bits per heavy atom. The summed E-state index contributed by atoms with van der Waals surface area (Å²) in [6.45, 7) is 8.09. The molecule has 4 aliphatic rings. The molecule has 0 bridgehead atoms. The summed E-state index contributed by atoms with van der Waals surface area (Å²) in [5, 5.41) is 10.4. The molecule has 6 atom stereocenters. The van der Waals surface area contributed by atoms with Gasteiger partial charge in [0.2, 0.25) is 5.78 Å².